The van der Waals surface area contributed by atoms with Crippen molar-refractivity contribution < 1.29 is 48.0 Å². The summed E-state index contributed by atoms with van der Waals surface area (Å²) < 4.78 is 0. The van der Waals surface area contributed by atoms with Gasteiger partial charge in [-0.05, 0) is 25.0 Å². The fourth-order valence-corrected chi connectivity index (χ4v) is 0.781. The Morgan fingerprint density at radius 1 is 0.909 bits per heavy atom. The Balaban J connectivity index is 0.000001000. The first-order chi connectivity index (χ1) is 4.63. The van der Waals surface area contributed by atoms with E-state index in [0.29, 0.717) is 11.1 Å². The third-order valence-corrected chi connectivity index (χ3v) is 1.55. The predicted molar refractivity (Wildman–Crippen MR) is 39.2 cm³/mol. The number of aryl methyl sites for hydroxylation is 2. The van der Waals surface area contributed by atoms with Crippen LogP contribution in [0.3, 0.4) is 0 Å². The first-order valence-corrected chi connectivity index (χ1v) is 3.11. The zero-order chi connectivity index (χ0) is 7.72. The molecule has 0 saturated heterocycles. The van der Waals surface area contributed by atoms with E-state index in [1.165, 1.54) is 0 Å². The van der Waals surface area contributed by atoms with Crippen LogP contribution >= 0.6 is 0 Å². The fourth-order valence-electron chi connectivity index (χ4n) is 0.781. The van der Waals surface area contributed by atoms with Crippen LogP contribution in [0.25, 0.3) is 0 Å². The van der Waals surface area contributed by atoms with Crippen molar-refractivity contribution in [2.75, 3.05) is 0 Å². The maximum absolute atomic E-state index is 9.14. The summed E-state index contributed by atoms with van der Waals surface area (Å²) in [4.78, 5) is 0. The monoisotopic (exact) mass is 178 g/mol. The molecular weight excluding hydrogens is 168 g/mol. The Hall–Kier alpha value is 0.0797. The summed E-state index contributed by atoms with van der Waals surface area (Å²) in [6.45, 7) is 3.49. The van der Waals surface area contributed by atoms with Gasteiger partial charge in [0.05, 0.1) is 0 Å². The van der Waals surface area contributed by atoms with Crippen LogP contribution in [0.2, 0.25) is 0 Å². The van der Waals surface area contributed by atoms with Crippen molar-refractivity contribution in [1.29, 1.82) is 0 Å². The molecule has 11 heavy (non-hydrogen) atoms. The van der Waals surface area contributed by atoms with Crippen LogP contribution < -0.4 is 0 Å². The van der Waals surface area contributed by atoms with Crippen LogP contribution in [0, 0.1) is 51.6 Å². The number of hydrogen-bond donors (Lipinski definition) is 2. The number of aromatic hydroxyl groups is 2. The topological polar surface area (TPSA) is 40.5 Å². The number of phenolic OH excluding ortho intramolecular Hbond substituents is 2. The number of hydrogen-bond acceptors (Lipinski definition) is 2. The Kier molecular flexibility index (Phi) is 4.22. The Morgan fingerprint density at radius 2 is 1.18 bits per heavy atom. The Morgan fingerprint density at radius 3 is 1.45 bits per heavy atom. The van der Waals surface area contributed by atoms with Gasteiger partial charge >= 0.3 is 0 Å². The van der Waals surface area contributed by atoms with E-state index in [9.17, 15) is 0 Å². The molecule has 0 fully saturated rings. The van der Waals surface area contributed by atoms with Crippen LogP contribution in [-0.4, -0.2) is 10.2 Å². The van der Waals surface area contributed by atoms with Gasteiger partial charge in [-0.15, -0.1) is 0 Å². The third-order valence-electron chi connectivity index (χ3n) is 1.55. The van der Waals surface area contributed by atoms with E-state index < -0.39 is 0 Å². The molecule has 0 aromatic heterocycles. The molecule has 0 aliphatic rings. The molecule has 2 nitrogen and oxygen atoms in total. The second kappa shape index (κ2) is 4.19. The predicted octanol–water partition coefficient (Wildman–Crippen LogP) is 1.71. The van der Waals surface area contributed by atoms with Crippen LogP contribution in [0.15, 0.2) is 12.1 Å². The summed E-state index contributed by atoms with van der Waals surface area (Å²) >= 11 is 0. The van der Waals surface area contributed by atoms with E-state index in [1.807, 2.05) is 0 Å². The van der Waals surface area contributed by atoms with Crippen molar-refractivity contribution in [1.82, 2.24) is 0 Å². The minimum absolute atomic E-state index is 0. The molecule has 0 radical (unpaired) electrons. The summed E-state index contributed by atoms with van der Waals surface area (Å²) in [5.41, 5.74) is 1.39. The smallest absolute Gasteiger partial charge is 0.160 e. The van der Waals surface area contributed by atoms with E-state index >= 15 is 0 Å². The van der Waals surface area contributed by atoms with Crippen LogP contribution in [-0.2, 0) is 0 Å². The van der Waals surface area contributed by atoms with Crippen molar-refractivity contribution >= 4 is 0 Å². The van der Waals surface area contributed by atoms with Gasteiger partial charge in [0, 0.05) is 37.7 Å². The van der Waals surface area contributed by atoms with Crippen molar-refractivity contribution in [3.8, 4) is 11.5 Å². The average Bonchev–Trinajstić information content (AvgIpc) is 1.93. The number of benzene rings is 1. The molecule has 1 rings (SSSR count). The molecule has 0 spiro atoms. The van der Waals surface area contributed by atoms with E-state index in [0.717, 1.165) is 0 Å². The molecule has 0 saturated carbocycles. The van der Waals surface area contributed by atoms with Gasteiger partial charge in [-0.1, -0.05) is 12.1 Å². The minimum Gasteiger partial charge on any atom is -0.504 e. The Labute approximate surface area is 95.9 Å². The average molecular weight is 178 g/mol. The quantitative estimate of drug-likeness (QED) is 0.594. The minimum atomic E-state index is -0.0139. The molecule has 0 bridgehead atoms. The molecule has 2 N–H and O–H groups in total. The van der Waals surface area contributed by atoms with E-state index in [-0.39, 0.29) is 49.2 Å². The van der Waals surface area contributed by atoms with Crippen molar-refractivity contribution in [3.05, 3.63) is 23.3 Å². The first-order valence-electron chi connectivity index (χ1n) is 3.11. The number of phenols is 2. The Bertz CT molecular complexity index is 232. The molecule has 0 atom stereocenters. The van der Waals surface area contributed by atoms with E-state index in [4.69, 9.17) is 10.2 Å². The third kappa shape index (κ3) is 2.26. The van der Waals surface area contributed by atoms with Gasteiger partial charge in [-0.2, -0.15) is 0 Å². The van der Waals surface area contributed by atoms with Gasteiger partial charge in [0.2, 0.25) is 0 Å². The van der Waals surface area contributed by atoms with Gasteiger partial charge < -0.3 is 10.2 Å². The SMILES string of the molecule is Cc1ccc(C)c(O)c1O.[Ar]. The second-order valence-corrected chi connectivity index (χ2v) is 2.40. The number of rotatable bonds is 0. The summed E-state index contributed by atoms with van der Waals surface area (Å²) in [6, 6.07) is 3.54. The fraction of sp³-hybridized carbons (Fsp3) is 0.250. The van der Waals surface area contributed by atoms with Crippen LogP contribution in [0.4, 0.5) is 0 Å². The van der Waals surface area contributed by atoms with Gasteiger partial charge in [-0.25, -0.2) is 0 Å². The second-order valence-electron chi connectivity index (χ2n) is 2.40. The zero-order valence-corrected chi connectivity index (χ0v) is 7.11. The van der Waals surface area contributed by atoms with E-state index in [1.54, 1.807) is 26.0 Å². The summed E-state index contributed by atoms with van der Waals surface area (Å²) in [5, 5.41) is 18.3. The maximum Gasteiger partial charge on any atom is 0.160 e. The molecule has 1 aromatic carbocycles. The molecule has 0 unspecified atom stereocenters. The van der Waals surface area contributed by atoms with Gasteiger partial charge in [0.15, 0.2) is 11.5 Å². The molecule has 0 aliphatic heterocycles. The van der Waals surface area contributed by atoms with Gasteiger partial charge in [-0.3, -0.25) is 0 Å². The molecular formula is C8H10ArO2. The molecule has 1 aromatic rings. The van der Waals surface area contributed by atoms with E-state index in [2.05, 4.69) is 0 Å². The van der Waals surface area contributed by atoms with Crippen molar-refractivity contribution in [2.24, 2.45) is 0 Å². The normalized spacial score (nSPS) is 8.91. The maximum atomic E-state index is 9.14. The zero-order valence-electron chi connectivity index (χ0n) is 6.40. The van der Waals surface area contributed by atoms with Crippen LogP contribution in [0.1, 0.15) is 11.1 Å². The summed E-state index contributed by atoms with van der Waals surface area (Å²) in [5.74, 6) is -0.0278. The van der Waals surface area contributed by atoms with Gasteiger partial charge in [0.1, 0.15) is 0 Å². The standard InChI is InChI=1S/C8H10O2.Ar/c1-5-3-4-6(2)8(10)7(5)9;/h3-4,9-10H,1-2H3;. The molecule has 3 heteroatoms. The molecule has 0 heterocycles. The summed E-state index contributed by atoms with van der Waals surface area (Å²) in [7, 11) is 0. The van der Waals surface area contributed by atoms with Gasteiger partial charge in [0.25, 0.3) is 0 Å². The van der Waals surface area contributed by atoms with Crippen molar-refractivity contribution in [2.45, 2.75) is 13.8 Å². The van der Waals surface area contributed by atoms with Crippen molar-refractivity contribution in [3.63, 3.8) is 0 Å². The first kappa shape index (κ1) is 11.1. The molecule has 0 amide bonds. The summed E-state index contributed by atoms with van der Waals surface area (Å²) in [6.07, 6.45) is 0. The largest absolute Gasteiger partial charge is 0.504 e. The molecule has 62 valence electrons. The van der Waals surface area contributed by atoms with Crippen LogP contribution in [0.5, 0.6) is 11.5 Å². The molecule has 0 aliphatic carbocycles.